The highest BCUT2D eigenvalue weighted by molar-refractivity contribution is 5.79. The Hall–Kier alpha value is -1.35. The summed E-state index contributed by atoms with van der Waals surface area (Å²) >= 11 is 0. The largest absolute Gasteiger partial charge is 0.384 e. The summed E-state index contributed by atoms with van der Waals surface area (Å²) in [5.41, 5.74) is 6.52. The fourth-order valence-electron chi connectivity index (χ4n) is 2.38. The molecule has 1 N–H and O–H groups in total. The Kier molecular flexibility index (Phi) is 5.12. The highest BCUT2D eigenvalue weighted by Gasteiger charge is 2.15. The Labute approximate surface area is 116 Å². The van der Waals surface area contributed by atoms with Crippen molar-refractivity contribution in [2.24, 2.45) is 0 Å². The molecule has 1 aromatic carbocycles. The third kappa shape index (κ3) is 3.57. The Bertz CT molecular complexity index is 452. The van der Waals surface area contributed by atoms with Crippen LogP contribution in [0.5, 0.6) is 0 Å². The smallest absolute Gasteiger partial charge is 0.250 e. The lowest BCUT2D eigenvalue weighted by molar-refractivity contribution is -0.137. The van der Waals surface area contributed by atoms with Crippen molar-refractivity contribution < 1.29 is 9.90 Å². The van der Waals surface area contributed by atoms with Crippen LogP contribution in [0.1, 0.15) is 34.7 Å². The first-order chi connectivity index (χ1) is 8.75. The molecule has 0 saturated carbocycles. The van der Waals surface area contributed by atoms with Gasteiger partial charge in [-0.15, -0.1) is 0 Å². The van der Waals surface area contributed by atoms with Crippen LogP contribution >= 0.6 is 0 Å². The lowest BCUT2D eigenvalue weighted by atomic mass is 9.92. The lowest BCUT2D eigenvalue weighted by Crippen LogP contribution is -2.36. The first kappa shape index (κ1) is 15.7. The monoisotopic (exact) mass is 263 g/mol. The van der Waals surface area contributed by atoms with Crippen LogP contribution in [0.3, 0.4) is 0 Å². The topological polar surface area (TPSA) is 40.5 Å². The Morgan fingerprint density at radius 1 is 1.21 bits per heavy atom. The second kappa shape index (κ2) is 6.20. The molecular formula is C16H25NO2. The number of carbonyl (C=O) groups excluding carboxylic acids is 1. The van der Waals surface area contributed by atoms with Crippen LogP contribution in [0, 0.1) is 27.7 Å². The van der Waals surface area contributed by atoms with Gasteiger partial charge in [0.15, 0.2) is 0 Å². The van der Waals surface area contributed by atoms with E-state index in [1.807, 2.05) is 0 Å². The summed E-state index contributed by atoms with van der Waals surface area (Å²) in [7, 11) is 1.74. The van der Waals surface area contributed by atoms with Crippen molar-refractivity contribution in [1.29, 1.82) is 0 Å². The van der Waals surface area contributed by atoms with Crippen LogP contribution in [0.4, 0.5) is 0 Å². The van der Waals surface area contributed by atoms with E-state index >= 15 is 0 Å². The maximum absolute atomic E-state index is 11.6. The van der Waals surface area contributed by atoms with Crippen LogP contribution in [-0.2, 0) is 11.2 Å². The van der Waals surface area contributed by atoms with Crippen molar-refractivity contribution in [3.63, 3.8) is 0 Å². The molecule has 0 aliphatic rings. The molecule has 3 nitrogen and oxygen atoms in total. The maximum Gasteiger partial charge on any atom is 0.250 e. The van der Waals surface area contributed by atoms with Crippen LogP contribution in [0.25, 0.3) is 0 Å². The van der Waals surface area contributed by atoms with Crippen molar-refractivity contribution in [3.05, 3.63) is 33.9 Å². The molecule has 0 radical (unpaired) electrons. The summed E-state index contributed by atoms with van der Waals surface area (Å²) in [6.07, 6.45) is -0.0961. The number of hydrogen-bond acceptors (Lipinski definition) is 2. The zero-order valence-corrected chi connectivity index (χ0v) is 12.9. The second-order valence-electron chi connectivity index (χ2n) is 5.42. The van der Waals surface area contributed by atoms with Gasteiger partial charge in [0.05, 0.1) is 0 Å². The minimum atomic E-state index is -0.925. The summed E-state index contributed by atoms with van der Waals surface area (Å²) in [5, 5.41) is 9.29. The van der Waals surface area contributed by atoms with Crippen molar-refractivity contribution in [3.8, 4) is 0 Å². The van der Waals surface area contributed by atoms with Gasteiger partial charge >= 0.3 is 0 Å². The average Bonchev–Trinajstić information content (AvgIpc) is 2.35. The quantitative estimate of drug-likeness (QED) is 0.905. The number of rotatable bonds is 4. The normalized spacial score (nSPS) is 12.4. The molecule has 0 aliphatic heterocycles. The first-order valence-corrected chi connectivity index (χ1v) is 6.75. The molecule has 0 aliphatic carbocycles. The van der Waals surface area contributed by atoms with Gasteiger partial charge in [-0.3, -0.25) is 4.79 Å². The lowest BCUT2D eigenvalue weighted by Gasteiger charge is -2.21. The van der Waals surface area contributed by atoms with Gasteiger partial charge in [0.25, 0.3) is 5.91 Å². The molecule has 0 aromatic heterocycles. The molecule has 1 amide bonds. The van der Waals surface area contributed by atoms with Gasteiger partial charge in [-0.1, -0.05) is 6.07 Å². The highest BCUT2D eigenvalue weighted by atomic mass is 16.3. The zero-order valence-electron chi connectivity index (χ0n) is 12.9. The van der Waals surface area contributed by atoms with Gasteiger partial charge in [-0.25, -0.2) is 0 Å². The standard InChI is InChI=1S/C16H25NO2/c1-10-9-11(2)13(4)15(12(10)3)7-8-17(6)16(19)14(5)18/h9,14,18H,7-8H2,1-6H3. The molecular weight excluding hydrogens is 238 g/mol. The van der Waals surface area contributed by atoms with Gasteiger partial charge in [0, 0.05) is 13.6 Å². The number of nitrogens with zero attached hydrogens (tertiary/aromatic N) is 1. The molecule has 106 valence electrons. The molecule has 0 saturated heterocycles. The molecule has 0 heterocycles. The van der Waals surface area contributed by atoms with Crippen LogP contribution < -0.4 is 0 Å². The summed E-state index contributed by atoms with van der Waals surface area (Å²) < 4.78 is 0. The number of likely N-dealkylation sites (N-methyl/N-ethyl adjacent to an activating group) is 1. The third-order valence-corrected chi connectivity index (χ3v) is 3.95. The minimum Gasteiger partial charge on any atom is -0.384 e. The number of aliphatic hydroxyl groups is 1. The zero-order chi connectivity index (χ0) is 14.7. The van der Waals surface area contributed by atoms with E-state index in [0.717, 1.165) is 6.42 Å². The highest BCUT2D eigenvalue weighted by Crippen LogP contribution is 2.22. The molecule has 0 bridgehead atoms. The average molecular weight is 263 g/mol. The first-order valence-electron chi connectivity index (χ1n) is 6.75. The number of aryl methyl sites for hydroxylation is 2. The number of hydrogen-bond donors (Lipinski definition) is 1. The summed E-state index contributed by atoms with van der Waals surface area (Å²) in [5.74, 6) is -0.223. The molecule has 1 rings (SSSR count). The van der Waals surface area contributed by atoms with Crippen molar-refractivity contribution >= 4 is 5.91 Å². The predicted molar refractivity (Wildman–Crippen MR) is 78.4 cm³/mol. The number of carbonyl (C=O) groups is 1. The SMILES string of the molecule is Cc1cc(C)c(C)c(CCN(C)C(=O)C(C)O)c1C. The molecule has 1 atom stereocenters. The second-order valence-corrected chi connectivity index (χ2v) is 5.42. The van der Waals surface area contributed by atoms with Crippen molar-refractivity contribution in [2.45, 2.75) is 47.1 Å². The van der Waals surface area contributed by atoms with Crippen LogP contribution in [0.2, 0.25) is 0 Å². The van der Waals surface area contributed by atoms with Gasteiger partial charge in [0.2, 0.25) is 0 Å². The van der Waals surface area contributed by atoms with E-state index in [-0.39, 0.29) is 5.91 Å². The predicted octanol–water partition coefficient (Wildman–Crippen LogP) is 2.30. The van der Waals surface area contributed by atoms with Gasteiger partial charge < -0.3 is 10.0 Å². The Morgan fingerprint density at radius 3 is 2.11 bits per heavy atom. The van der Waals surface area contributed by atoms with Gasteiger partial charge in [-0.2, -0.15) is 0 Å². The number of aliphatic hydroxyl groups excluding tert-OH is 1. The molecule has 1 aromatic rings. The van der Waals surface area contributed by atoms with Crippen molar-refractivity contribution in [1.82, 2.24) is 4.90 Å². The Balaban J connectivity index is 2.87. The minimum absolute atomic E-state index is 0.223. The van der Waals surface area contributed by atoms with E-state index in [1.165, 1.54) is 34.7 Å². The van der Waals surface area contributed by atoms with Crippen LogP contribution in [-0.4, -0.2) is 35.6 Å². The summed E-state index contributed by atoms with van der Waals surface area (Å²) in [6.45, 7) is 10.6. The van der Waals surface area contributed by atoms with Crippen molar-refractivity contribution in [2.75, 3.05) is 13.6 Å². The molecule has 1 unspecified atom stereocenters. The summed E-state index contributed by atoms with van der Waals surface area (Å²) in [6, 6.07) is 2.21. The molecule has 0 spiro atoms. The van der Waals surface area contributed by atoms with E-state index < -0.39 is 6.10 Å². The fraction of sp³-hybridized carbons (Fsp3) is 0.562. The molecule has 0 fully saturated rings. The van der Waals surface area contributed by atoms with E-state index in [2.05, 4.69) is 33.8 Å². The summed E-state index contributed by atoms with van der Waals surface area (Å²) in [4.78, 5) is 13.2. The maximum atomic E-state index is 11.6. The van der Waals surface area contributed by atoms with Gasteiger partial charge in [-0.05, 0) is 68.9 Å². The third-order valence-electron chi connectivity index (χ3n) is 3.95. The van der Waals surface area contributed by atoms with E-state index in [4.69, 9.17) is 0 Å². The van der Waals surface area contributed by atoms with E-state index in [9.17, 15) is 9.90 Å². The van der Waals surface area contributed by atoms with E-state index in [0.29, 0.717) is 6.54 Å². The number of amides is 1. The Morgan fingerprint density at radius 2 is 1.68 bits per heavy atom. The molecule has 3 heteroatoms. The molecule has 19 heavy (non-hydrogen) atoms. The van der Waals surface area contributed by atoms with Crippen LogP contribution in [0.15, 0.2) is 6.07 Å². The van der Waals surface area contributed by atoms with Gasteiger partial charge in [0.1, 0.15) is 6.10 Å². The fourth-order valence-corrected chi connectivity index (χ4v) is 2.38. The van der Waals surface area contributed by atoms with E-state index in [1.54, 1.807) is 11.9 Å². The number of benzene rings is 1.